The van der Waals surface area contributed by atoms with Gasteiger partial charge in [-0.2, -0.15) is 0 Å². The van der Waals surface area contributed by atoms with Crippen LogP contribution in [0.2, 0.25) is 0 Å². The third kappa shape index (κ3) is 1.59. The zero-order valence-electron chi connectivity index (χ0n) is 14.6. The monoisotopic (exact) mass is 326 g/mol. The minimum absolute atomic E-state index is 0.0602. The third-order valence-corrected chi connectivity index (χ3v) is 8.17. The molecule has 1 aliphatic heterocycles. The summed E-state index contributed by atoms with van der Waals surface area (Å²) in [6, 6.07) is 0. The Kier molecular flexibility index (Phi) is 2.87. The summed E-state index contributed by atoms with van der Waals surface area (Å²) < 4.78 is 5.69. The van der Waals surface area contributed by atoms with Gasteiger partial charge >= 0.3 is 5.97 Å². The Morgan fingerprint density at radius 2 is 1.92 bits per heavy atom. The van der Waals surface area contributed by atoms with Crippen LogP contribution in [0.3, 0.4) is 0 Å². The van der Waals surface area contributed by atoms with Crippen LogP contribution in [0.5, 0.6) is 0 Å². The van der Waals surface area contributed by atoms with Gasteiger partial charge in [0.25, 0.3) is 0 Å². The van der Waals surface area contributed by atoms with Crippen LogP contribution in [-0.2, 0) is 14.3 Å². The van der Waals surface area contributed by atoms with Crippen molar-refractivity contribution in [2.75, 3.05) is 0 Å². The van der Waals surface area contributed by atoms with Crippen molar-refractivity contribution in [2.45, 2.75) is 64.9 Å². The second-order valence-corrected chi connectivity index (χ2v) is 8.92. The van der Waals surface area contributed by atoms with E-state index >= 15 is 0 Å². The fourth-order valence-electron chi connectivity index (χ4n) is 7.00. The average Bonchev–Trinajstić information content (AvgIpc) is 3.05. The number of hydrogen-bond acceptors (Lipinski definition) is 3. The van der Waals surface area contributed by atoms with Crippen LogP contribution in [0.25, 0.3) is 0 Å². The molecule has 0 aromatic carbocycles. The number of ketones is 1. The second-order valence-electron chi connectivity index (χ2n) is 8.92. The number of allylic oxidation sites excluding steroid dienone is 4. The molecule has 128 valence electrons. The van der Waals surface area contributed by atoms with Gasteiger partial charge in [-0.1, -0.05) is 24.1 Å². The highest BCUT2D eigenvalue weighted by molar-refractivity contribution is 5.92. The summed E-state index contributed by atoms with van der Waals surface area (Å²) in [5, 5.41) is 0. The summed E-state index contributed by atoms with van der Waals surface area (Å²) in [6.45, 7) is 4.41. The Morgan fingerprint density at radius 1 is 1.12 bits per heavy atom. The Balaban J connectivity index is 1.60. The zero-order chi connectivity index (χ0) is 16.7. The van der Waals surface area contributed by atoms with Gasteiger partial charge in [0, 0.05) is 17.8 Å². The van der Waals surface area contributed by atoms with Crippen LogP contribution in [-0.4, -0.2) is 17.9 Å². The molecule has 5 rings (SSSR count). The van der Waals surface area contributed by atoms with Gasteiger partial charge in [-0.25, -0.2) is 0 Å². The molecule has 3 heteroatoms. The minimum Gasteiger partial charge on any atom is -0.462 e. The summed E-state index contributed by atoms with van der Waals surface area (Å²) in [5.41, 5.74) is 2.70. The fraction of sp³-hybridized carbons (Fsp3) is 0.714. The molecule has 3 fully saturated rings. The number of ether oxygens (including phenoxy) is 1. The normalized spacial score (nSPS) is 49.4. The van der Waals surface area contributed by atoms with E-state index in [0.717, 1.165) is 32.1 Å². The van der Waals surface area contributed by atoms with E-state index in [0.29, 0.717) is 30.0 Å². The van der Waals surface area contributed by atoms with Crippen molar-refractivity contribution in [3.05, 3.63) is 23.3 Å². The smallest absolute Gasteiger partial charge is 0.313 e. The molecule has 5 aliphatic rings. The number of carbonyl (C=O) groups excluding carboxylic acids is 2. The lowest BCUT2D eigenvalue weighted by molar-refractivity contribution is -0.152. The van der Waals surface area contributed by atoms with Gasteiger partial charge < -0.3 is 4.74 Å². The molecule has 0 N–H and O–H groups in total. The Morgan fingerprint density at radius 3 is 2.75 bits per heavy atom. The van der Waals surface area contributed by atoms with E-state index in [4.69, 9.17) is 4.74 Å². The summed E-state index contributed by atoms with van der Waals surface area (Å²) in [6.07, 6.45) is 11.3. The first-order valence-corrected chi connectivity index (χ1v) is 9.62. The van der Waals surface area contributed by atoms with Crippen molar-refractivity contribution in [1.29, 1.82) is 0 Å². The maximum Gasteiger partial charge on any atom is 0.313 e. The first kappa shape index (κ1) is 14.9. The largest absolute Gasteiger partial charge is 0.462 e. The van der Waals surface area contributed by atoms with Gasteiger partial charge in [-0.15, -0.1) is 0 Å². The number of esters is 1. The molecule has 0 radical (unpaired) electrons. The van der Waals surface area contributed by atoms with Crippen LogP contribution in [0, 0.1) is 28.6 Å². The molecular formula is C21H26O3. The summed E-state index contributed by atoms with van der Waals surface area (Å²) >= 11 is 0. The summed E-state index contributed by atoms with van der Waals surface area (Å²) in [7, 11) is 0. The molecule has 1 saturated heterocycles. The summed E-state index contributed by atoms with van der Waals surface area (Å²) in [4.78, 5) is 24.7. The van der Waals surface area contributed by atoms with E-state index in [1.807, 2.05) is 6.08 Å². The van der Waals surface area contributed by atoms with E-state index < -0.39 is 0 Å². The zero-order valence-corrected chi connectivity index (χ0v) is 14.6. The van der Waals surface area contributed by atoms with Crippen LogP contribution in [0.1, 0.15) is 58.8 Å². The van der Waals surface area contributed by atoms with Gasteiger partial charge in [0.2, 0.25) is 0 Å². The molecular weight excluding hydrogens is 300 g/mol. The number of cyclic esters (lactones) is 1. The lowest BCUT2D eigenvalue weighted by Gasteiger charge is -2.52. The molecule has 6 unspecified atom stereocenters. The highest BCUT2D eigenvalue weighted by atomic mass is 16.6. The minimum atomic E-state index is -0.240. The number of fused-ring (bicyclic) bond motifs is 4. The van der Waals surface area contributed by atoms with Crippen molar-refractivity contribution in [1.82, 2.24) is 0 Å². The first-order chi connectivity index (χ1) is 11.5. The molecule has 1 heterocycles. The molecule has 24 heavy (non-hydrogen) atoms. The molecule has 2 saturated carbocycles. The standard InChI is InChI=1S/C21H26O3/c1-12-16-5-6-18-15-4-3-13-11-14(22)7-9-20(13,2)17(15)8-10-21(16,18)19(23)24-12/h8,11-12,15-16,18H,3-7,9-10H2,1-2H3. The predicted octanol–water partition coefficient (Wildman–Crippen LogP) is 3.98. The molecule has 0 amide bonds. The highest BCUT2D eigenvalue weighted by Gasteiger charge is 2.66. The SMILES string of the molecule is CC1OC(=O)C23CC=C4C(CCC5=CC(=O)CCC54C)C2CCC13. The summed E-state index contributed by atoms with van der Waals surface area (Å²) in [5.74, 6) is 1.74. The average molecular weight is 326 g/mol. The van der Waals surface area contributed by atoms with Crippen molar-refractivity contribution in [2.24, 2.45) is 28.6 Å². The van der Waals surface area contributed by atoms with E-state index in [1.165, 1.54) is 17.6 Å². The van der Waals surface area contributed by atoms with Crippen molar-refractivity contribution < 1.29 is 14.3 Å². The van der Waals surface area contributed by atoms with Gasteiger partial charge in [-0.3, -0.25) is 9.59 Å². The van der Waals surface area contributed by atoms with Gasteiger partial charge in [0.05, 0.1) is 5.41 Å². The number of hydrogen-bond donors (Lipinski definition) is 0. The van der Waals surface area contributed by atoms with Gasteiger partial charge in [-0.05, 0) is 63.4 Å². The number of carbonyl (C=O) groups is 2. The van der Waals surface area contributed by atoms with Crippen molar-refractivity contribution in [3.8, 4) is 0 Å². The maximum atomic E-state index is 12.8. The lowest BCUT2D eigenvalue weighted by Crippen LogP contribution is -2.47. The molecule has 0 bridgehead atoms. The van der Waals surface area contributed by atoms with E-state index in [-0.39, 0.29) is 22.9 Å². The Hall–Kier alpha value is -1.38. The van der Waals surface area contributed by atoms with Crippen LogP contribution in [0.4, 0.5) is 0 Å². The van der Waals surface area contributed by atoms with Crippen molar-refractivity contribution >= 4 is 11.8 Å². The van der Waals surface area contributed by atoms with Crippen LogP contribution in [0.15, 0.2) is 23.3 Å². The second kappa shape index (κ2) is 4.62. The Bertz CT molecular complexity index is 702. The molecule has 6 atom stereocenters. The van der Waals surface area contributed by atoms with E-state index in [2.05, 4.69) is 19.9 Å². The molecule has 3 nitrogen and oxygen atoms in total. The Labute approximate surface area is 143 Å². The first-order valence-electron chi connectivity index (χ1n) is 9.62. The maximum absolute atomic E-state index is 12.8. The van der Waals surface area contributed by atoms with Crippen LogP contribution >= 0.6 is 0 Å². The van der Waals surface area contributed by atoms with Gasteiger partial charge in [0.1, 0.15) is 6.10 Å². The van der Waals surface area contributed by atoms with E-state index in [1.54, 1.807) is 0 Å². The molecule has 4 aliphatic carbocycles. The third-order valence-electron chi connectivity index (χ3n) is 8.17. The van der Waals surface area contributed by atoms with E-state index in [9.17, 15) is 9.59 Å². The molecule has 0 aromatic rings. The number of rotatable bonds is 0. The lowest BCUT2D eigenvalue weighted by atomic mass is 9.51. The quantitative estimate of drug-likeness (QED) is 0.499. The highest BCUT2D eigenvalue weighted by Crippen LogP contribution is 2.67. The molecule has 1 spiro atoms. The fourth-order valence-corrected chi connectivity index (χ4v) is 7.00. The van der Waals surface area contributed by atoms with Crippen LogP contribution < -0.4 is 0 Å². The topological polar surface area (TPSA) is 43.4 Å². The van der Waals surface area contributed by atoms with Gasteiger partial charge in [0.15, 0.2) is 5.78 Å². The molecule has 0 aromatic heterocycles. The van der Waals surface area contributed by atoms with Crippen molar-refractivity contribution in [3.63, 3.8) is 0 Å². The predicted molar refractivity (Wildman–Crippen MR) is 90.1 cm³/mol.